The Morgan fingerprint density at radius 3 is 2.36 bits per heavy atom. The van der Waals surface area contributed by atoms with E-state index in [1.165, 1.54) is 0 Å². The van der Waals surface area contributed by atoms with Gasteiger partial charge in [-0.25, -0.2) is 8.42 Å². The van der Waals surface area contributed by atoms with Crippen LogP contribution in [0.25, 0.3) is 11.3 Å². The third kappa shape index (κ3) is 2.87. The molecule has 0 saturated carbocycles. The molecule has 0 radical (unpaired) electrons. The molecular formula is C21H19NO2S. The molecule has 1 atom stereocenters. The van der Waals surface area contributed by atoms with Crippen molar-refractivity contribution in [1.82, 2.24) is 4.98 Å². The zero-order valence-corrected chi connectivity index (χ0v) is 14.8. The molecule has 2 aromatic carbocycles. The summed E-state index contributed by atoms with van der Waals surface area (Å²) >= 11 is 0. The number of fused-ring (bicyclic) bond motifs is 1. The van der Waals surface area contributed by atoms with Gasteiger partial charge in [0.1, 0.15) is 5.25 Å². The van der Waals surface area contributed by atoms with E-state index in [0.29, 0.717) is 17.0 Å². The number of hydrogen-bond donors (Lipinski definition) is 0. The summed E-state index contributed by atoms with van der Waals surface area (Å²) in [4.78, 5) is 5.11. The van der Waals surface area contributed by atoms with Crippen LogP contribution in [0.4, 0.5) is 0 Å². The van der Waals surface area contributed by atoms with Crippen LogP contribution in [0.2, 0.25) is 0 Å². The van der Waals surface area contributed by atoms with Gasteiger partial charge in [0, 0.05) is 5.56 Å². The van der Waals surface area contributed by atoms with Gasteiger partial charge in [-0.1, -0.05) is 54.1 Å². The molecule has 4 rings (SSSR count). The number of benzene rings is 2. The van der Waals surface area contributed by atoms with Gasteiger partial charge in [-0.15, -0.1) is 0 Å². The molecule has 0 amide bonds. The van der Waals surface area contributed by atoms with Crippen molar-refractivity contribution in [3.05, 3.63) is 83.6 Å². The molecule has 1 aromatic heterocycles. The van der Waals surface area contributed by atoms with Crippen LogP contribution >= 0.6 is 0 Å². The Balaban J connectivity index is 1.77. The normalized spacial score (nSPS) is 16.6. The smallest absolute Gasteiger partial charge is 0.186 e. The van der Waals surface area contributed by atoms with Crippen LogP contribution in [-0.4, -0.2) is 13.4 Å². The molecule has 25 heavy (non-hydrogen) atoms. The first-order valence-corrected chi connectivity index (χ1v) is 9.96. The van der Waals surface area contributed by atoms with Crippen LogP contribution in [-0.2, 0) is 16.3 Å². The first kappa shape index (κ1) is 16.0. The summed E-state index contributed by atoms with van der Waals surface area (Å²) in [5.74, 6) is 0. The number of hydrogen-bond acceptors (Lipinski definition) is 3. The van der Waals surface area contributed by atoms with Crippen LogP contribution in [0.5, 0.6) is 0 Å². The molecule has 126 valence electrons. The molecule has 0 fully saturated rings. The van der Waals surface area contributed by atoms with Gasteiger partial charge >= 0.3 is 0 Å². The van der Waals surface area contributed by atoms with Crippen molar-refractivity contribution in [2.75, 3.05) is 0 Å². The summed E-state index contributed by atoms with van der Waals surface area (Å²) in [6, 6.07) is 21.0. The van der Waals surface area contributed by atoms with Crippen molar-refractivity contribution >= 4 is 9.84 Å². The molecule has 0 saturated heterocycles. The van der Waals surface area contributed by atoms with Gasteiger partial charge < -0.3 is 0 Å². The topological polar surface area (TPSA) is 47.0 Å². The SMILES string of the molecule is Cc1ccc(S(=O)(=O)C2CCc3ccc(-c4ccccc4)nc32)cc1. The fraction of sp³-hybridized carbons (Fsp3) is 0.190. The lowest BCUT2D eigenvalue weighted by Gasteiger charge is -2.14. The third-order valence-electron chi connectivity index (χ3n) is 4.79. The van der Waals surface area contributed by atoms with Crippen molar-refractivity contribution in [1.29, 1.82) is 0 Å². The summed E-state index contributed by atoms with van der Waals surface area (Å²) in [7, 11) is -3.43. The number of aromatic nitrogens is 1. The highest BCUT2D eigenvalue weighted by molar-refractivity contribution is 7.91. The number of aryl methyl sites for hydroxylation is 2. The molecule has 1 aliphatic carbocycles. The Morgan fingerprint density at radius 2 is 1.64 bits per heavy atom. The summed E-state index contributed by atoms with van der Waals surface area (Å²) < 4.78 is 26.2. The molecule has 1 aliphatic rings. The fourth-order valence-electron chi connectivity index (χ4n) is 3.38. The quantitative estimate of drug-likeness (QED) is 0.698. The second-order valence-electron chi connectivity index (χ2n) is 6.49. The van der Waals surface area contributed by atoms with E-state index in [0.717, 1.165) is 28.8 Å². The Kier molecular flexibility index (Phi) is 3.92. The van der Waals surface area contributed by atoms with Crippen molar-refractivity contribution in [2.24, 2.45) is 0 Å². The predicted molar refractivity (Wildman–Crippen MR) is 99.1 cm³/mol. The zero-order valence-electron chi connectivity index (χ0n) is 14.0. The van der Waals surface area contributed by atoms with E-state index < -0.39 is 15.1 Å². The molecule has 0 spiro atoms. The Hall–Kier alpha value is -2.46. The highest BCUT2D eigenvalue weighted by Crippen LogP contribution is 2.40. The lowest BCUT2D eigenvalue weighted by Crippen LogP contribution is -2.12. The van der Waals surface area contributed by atoms with E-state index in [-0.39, 0.29) is 0 Å². The first-order chi connectivity index (χ1) is 12.1. The molecule has 0 aliphatic heterocycles. The number of nitrogens with zero attached hydrogens (tertiary/aromatic N) is 1. The minimum absolute atomic E-state index is 0.378. The van der Waals surface area contributed by atoms with E-state index in [4.69, 9.17) is 4.98 Å². The van der Waals surface area contributed by atoms with Gasteiger partial charge in [-0.3, -0.25) is 4.98 Å². The molecule has 1 heterocycles. The van der Waals surface area contributed by atoms with Crippen LogP contribution < -0.4 is 0 Å². The van der Waals surface area contributed by atoms with Crippen molar-refractivity contribution < 1.29 is 8.42 Å². The van der Waals surface area contributed by atoms with E-state index in [1.54, 1.807) is 12.1 Å². The summed E-state index contributed by atoms with van der Waals surface area (Å²) in [5, 5.41) is -0.561. The van der Waals surface area contributed by atoms with Crippen LogP contribution in [0.3, 0.4) is 0 Å². The molecule has 0 bridgehead atoms. The molecular weight excluding hydrogens is 330 g/mol. The Bertz CT molecular complexity index is 1010. The van der Waals surface area contributed by atoms with E-state index >= 15 is 0 Å². The fourth-order valence-corrected chi connectivity index (χ4v) is 5.15. The highest BCUT2D eigenvalue weighted by Gasteiger charge is 2.36. The second-order valence-corrected chi connectivity index (χ2v) is 8.62. The largest absolute Gasteiger partial charge is 0.251 e. The van der Waals surface area contributed by atoms with Crippen LogP contribution in [0.1, 0.15) is 28.5 Å². The summed E-state index contributed by atoms with van der Waals surface area (Å²) in [6.45, 7) is 1.95. The predicted octanol–water partition coefficient (Wildman–Crippen LogP) is 4.52. The molecule has 1 unspecified atom stereocenters. The number of pyridine rings is 1. The van der Waals surface area contributed by atoms with Crippen molar-refractivity contribution in [3.8, 4) is 11.3 Å². The van der Waals surface area contributed by atoms with Crippen molar-refractivity contribution in [2.45, 2.75) is 29.9 Å². The summed E-state index contributed by atoms with van der Waals surface area (Å²) in [5.41, 5.74) is 4.63. The lowest BCUT2D eigenvalue weighted by molar-refractivity contribution is 0.579. The van der Waals surface area contributed by atoms with E-state index in [2.05, 4.69) is 0 Å². The van der Waals surface area contributed by atoms with Crippen LogP contribution in [0.15, 0.2) is 71.6 Å². The van der Waals surface area contributed by atoms with Gasteiger partial charge in [-0.05, 0) is 43.5 Å². The first-order valence-electron chi connectivity index (χ1n) is 8.41. The maximum absolute atomic E-state index is 13.1. The van der Waals surface area contributed by atoms with E-state index in [1.807, 2.05) is 61.5 Å². The van der Waals surface area contributed by atoms with Gasteiger partial charge in [-0.2, -0.15) is 0 Å². The standard InChI is InChI=1S/C21H19NO2S/c1-15-7-11-18(12-8-15)25(23,24)20-14-10-17-9-13-19(22-21(17)20)16-5-3-2-4-6-16/h2-9,11-13,20H,10,14H2,1H3. The highest BCUT2D eigenvalue weighted by atomic mass is 32.2. The maximum Gasteiger partial charge on any atom is 0.186 e. The lowest BCUT2D eigenvalue weighted by atomic mass is 10.1. The van der Waals surface area contributed by atoms with Crippen LogP contribution in [0, 0.1) is 6.92 Å². The average molecular weight is 349 g/mol. The average Bonchev–Trinajstić information content (AvgIpc) is 3.07. The zero-order chi connectivity index (χ0) is 17.4. The minimum Gasteiger partial charge on any atom is -0.251 e. The molecule has 4 heteroatoms. The third-order valence-corrected chi connectivity index (χ3v) is 6.92. The second kappa shape index (κ2) is 6.12. The summed E-state index contributed by atoms with van der Waals surface area (Å²) in [6.07, 6.45) is 1.35. The monoisotopic (exact) mass is 349 g/mol. The minimum atomic E-state index is -3.43. The van der Waals surface area contributed by atoms with Crippen molar-refractivity contribution in [3.63, 3.8) is 0 Å². The van der Waals surface area contributed by atoms with Gasteiger partial charge in [0.15, 0.2) is 9.84 Å². The van der Waals surface area contributed by atoms with Gasteiger partial charge in [0.05, 0.1) is 16.3 Å². The van der Waals surface area contributed by atoms with E-state index in [9.17, 15) is 8.42 Å². The van der Waals surface area contributed by atoms with Gasteiger partial charge in [0.2, 0.25) is 0 Å². The number of rotatable bonds is 3. The molecule has 3 aromatic rings. The van der Waals surface area contributed by atoms with Gasteiger partial charge in [0.25, 0.3) is 0 Å². The Morgan fingerprint density at radius 1 is 0.920 bits per heavy atom. The molecule has 3 nitrogen and oxygen atoms in total. The maximum atomic E-state index is 13.1. The Labute approximate surface area is 148 Å². The number of sulfone groups is 1. The molecule has 0 N–H and O–H groups in total.